The largest absolute Gasteiger partial charge is 0.452 e. The van der Waals surface area contributed by atoms with Crippen molar-refractivity contribution in [2.24, 2.45) is 0 Å². The Bertz CT molecular complexity index is 1760. The third-order valence-corrected chi connectivity index (χ3v) is 6.58. The molecule has 6 rings (SSSR count). The molecule has 1 aromatic heterocycles. The molecule has 2 amide bonds. The molecule has 0 saturated carbocycles. The standard InChI is InChI=1S/C28H25N7O3/c1-33(2)19-8-9-22-24(14-19)38-25-15-23(20-6-3-4-7-21(20)28(25)30-22)29-12-5-13-34-16-18(31-32-34)17-35-26(36)10-11-27(35)37/h3-4,6-11,14-16H,5,12-13,17H2,1-2H3/p+1. The molecule has 2 aromatic carbocycles. The molecular formula is C28H26N7O3+. The Kier molecular flexibility index (Phi) is 5.91. The zero-order valence-electron chi connectivity index (χ0n) is 21.1. The predicted octanol–water partition coefficient (Wildman–Crippen LogP) is 2.64. The summed E-state index contributed by atoms with van der Waals surface area (Å²) in [7, 11) is 4.00. The summed E-state index contributed by atoms with van der Waals surface area (Å²) in [4.78, 5) is 29.6. The van der Waals surface area contributed by atoms with Crippen molar-refractivity contribution in [1.29, 1.82) is 0 Å². The van der Waals surface area contributed by atoms with E-state index in [1.165, 1.54) is 12.2 Å². The molecule has 2 aliphatic heterocycles. The Hall–Kier alpha value is -4.86. The number of fused-ring (bicyclic) bond motifs is 4. The molecular weight excluding hydrogens is 482 g/mol. The third-order valence-electron chi connectivity index (χ3n) is 6.58. The van der Waals surface area contributed by atoms with E-state index in [0.29, 0.717) is 18.8 Å². The fourth-order valence-electron chi connectivity index (χ4n) is 4.60. The Morgan fingerprint density at radius 2 is 1.79 bits per heavy atom. The Morgan fingerprint density at radius 1 is 1.00 bits per heavy atom. The molecule has 1 aliphatic carbocycles. The van der Waals surface area contributed by atoms with Crippen molar-refractivity contribution >= 4 is 39.4 Å². The summed E-state index contributed by atoms with van der Waals surface area (Å²) < 4.78 is 10.1. The van der Waals surface area contributed by atoms with Crippen molar-refractivity contribution in [1.82, 2.24) is 29.5 Å². The molecule has 1 N–H and O–H groups in total. The summed E-state index contributed by atoms with van der Waals surface area (Å²) in [5.41, 5.74) is 3.91. The number of carbonyl (C=O) groups is 2. The van der Waals surface area contributed by atoms with E-state index in [0.717, 1.165) is 55.7 Å². The first kappa shape index (κ1) is 23.5. The number of anilines is 1. The first-order valence-corrected chi connectivity index (χ1v) is 12.4. The molecule has 3 heterocycles. The lowest BCUT2D eigenvalue weighted by atomic mass is 10.1. The highest BCUT2D eigenvalue weighted by Crippen LogP contribution is 2.34. The highest BCUT2D eigenvalue weighted by molar-refractivity contribution is 6.12. The van der Waals surface area contributed by atoms with Crippen LogP contribution in [0.5, 0.6) is 0 Å². The quantitative estimate of drug-likeness (QED) is 0.118. The first-order valence-electron chi connectivity index (χ1n) is 12.4. The smallest absolute Gasteiger partial charge is 0.253 e. The molecule has 0 saturated heterocycles. The maximum absolute atomic E-state index is 11.8. The topological polar surface area (TPSA) is 109 Å². The van der Waals surface area contributed by atoms with E-state index >= 15 is 0 Å². The number of carbonyl (C=O) groups excluding carboxylic acids is 2. The van der Waals surface area contributed by atoms with Crippen LogP contribution >= 0.6 is 0 Å². The maximum Gasteiger partial charge on any atom is 0.253 e. The van der Waals surface area contributed by atoms with Gasteiger partial charge >= 0.3 is 0 Å². The van der Waals surface area contributed by atoms with Gasteiger partial charge in [-0.1, -0.05) is 29.5 Å². The van der Waals surface area contributed by atoms with Gasteiger partial charge < -0.3 is 9.73 Å². The SMILES string of the molecule is C[N+](C)=c1ccc2nc3c(cc(NCCCn4cc(CN5C(=O)C=CC5=O)nn4)c4ccccc43)oc-2c1. The Balaban J connectivity index is 1.20. The first-order chi connectivity index (χ1) is 18.5. The van der Waals surface area contributed by atoms with Crippen molar-refractivity contribution in [3.8, 4) is 11.5 Å². The van der Waals surface area contributed by atoms with Gasteiger partial charge in [0, 0.05) is 53.8 Å². The number of aryl methyl sites for hydroxylation is 1. The number of amides is 2. The number of rotatable bonds is 7. The summed E-state index contributed by atoms with van der Waals surface area (Å²) in [6.45, 7) is 1.45. The van der Waals surface area contributed by atoms with Crippen LogP contribution < -0.4 is 15.2 Å². The number of aromatic nitrogens is 4. The molecule has 0 radical (unpaired) electrons. The number of nitrogens with zero attached hydrogens (tertiary/aromatic N) is 6. The monoisotopic (exact) mass is 508 g/mol. The lowest BCUT2D eigenvalue weighted by molar-refractivity contribution is -0.137. The van der Waals surface area contributed by atoms with Gasteiger partial charge in [-0.25, -0.2) is 9.56 Å². The molecule has 0 bridgehead atoms. The van der Waals surface area contributed by atoms with Crippen LogP contribution in [0.2, 0.25) is 0 Å². The lowest BCUT2D eigenvalue weighted by Crippen LogP contribution is -2.29. The molecule has 38 heavy (non-hydrogen) atoms. The Morgan fingerprint density at radius 3 is 2.58 bits per heavy atom. The fourth-order valence-corrected chi connectivity index (χ4v) is 4.60. The van der Waals surface area contributed by atoms with E-state index in [-0.39, 0.29) is 18.4 Å². The zero-order chi connectivity index (χ0) is 26.2. The predicted molar refractivity (Wildman–Crippen MR) is 143 cm³/mol. The molecule has 10 heteroatoms. The summed E-state index contributed by atoms with van der Waals surface area (Å²) in [5.74, 6) is 0.0777. The molecule has 0 spiro atoms. The van der Waals surface area contributed by atoms with Gasteiger partial charge in [0.15, 0.2) is 11.3 Å². The van der Waals surface area contributed by atoms with Crippen molar-refractivity contribution in [3.05, 3.63) is 77.9 Å². The number of benzene rings is 3. The highest BCUT2D eigenvalue weighted by Gasteiger charge is 2.24. The summed E-state index contributed by atoms with van der Waals surface area (Å²) >= 11 is 0. The van der Waals surface area contributed by atoms with Gasteiger partial charge in [-0.15, -0.1) is 5.10 Å². The van der Waals surface area contributed by atoms with Crippen molar-refractivity contribution in [2.45, 2.75) is 19.5 Å². The van der Waals surface area contributed by atoms with Gasteiger partial charge in [0.2, 0.25) is 5.36 Å². The molecule has 0 unspecified atom stereocenters. The molecule has 3 aromatic rings. The number of hydrogen-bond donors (Lipinski definition) is 1. The summed E-state index contributed by atoms with van der Waals surface area (Å²) in [5, 5.41) is 14.9. The van der Waals surface area contributed by atoms with Crippen LogP contribution in [0, 0.1) is 0 Å². The van der Waals surface area contributed by atoms with Crippen molar-refractivity contribution < 1.29 is 14.0 Å². The van der Waals surface area contributed by atoms with Gasteiger partial charge in [0.05, 0.1) is 18.8 Å². The highest BCUT2D eigenvalue weighted by atomic mass is 16.3. The third kappa shape index (κ3) is 4.40. The minimum atomic E-state index is -0.329. The van der Waals surface area contributed by atoms with Gasteiger partial charge in [-0.3, -0.25) is 19.2 Å². The van der Waals surface area contributed by atoms with Gasteiger partial charge in [-0.2, -0.15) is 0 Å². The second-order valence-electron chi connectivity index (χ2n) is 9.43. The van der Waals surface area contributed by atoms with Gasteiger partial charge in [-0.05, 0) is 12.5 Å². The summed E-state index contributed by atoms with van der Waals surface area (Å²) in [6, 6.07) is 16.2. The lowest BCUT2D eigenvalue weighted by Gasteiger charge is -2.13. The molecule has 0 atom stereocenters. The summed E-state index contributed by atoms with van der Waals surface area (Å²) in [6.07, 6.45) is 5.09. The molecule has 10 nitrogen and oxygen atoms in total. The fraction of sp³-hybridized carbons (Fsp3) is 0.214. The van der Waals surface area contributed by atoms with Crippen LogP contribution in [0.25, 0.3) is 33.3 Å². The second kappa shape index (κ2) is 9.55. The van der Waals surface area contributed by atoms with Crippen LogP contribution in [0.4, 0.5) is 5.69 Å². The van der Waals surface area contributed by atoms with Gasteiger partial charge in [0.25, 0.3) is 11.8 Å². The van der Waals surface area contributed by atoms with E-state index < -0.39 is 0 Å². The van der Waals surface area contributed by atoms with E-state index in [1.807, 2.05) is 55.1 Å². The zero-order valence-corrected chi connectivity index (χ0v) is 21.1. The van der Waals surface area contributed by atoms with Crippen LogP contribution in [-0.2, 0) is 22.7 Å². The average molecular weight is 509 g/mol. The number of nitrogens with one attached hydrogen (secondary N) is 1. The minimum Gasteiger partial charge on any atom is -0.452 e. The van der Waals surface area contributed by atoms with E-state index in [4.69, 9.17) is 9.40 Å². The second-order valence-corrected chi connectivity index (χ2v) is 9.43. The minimum absolute atomic E-state index is 0.119. The molecule has 0 fully saturated rings. The molecule has 190 valence electrons. The normalized spacial score (nSPS) is 13.4. The maximum atomic E-state index is 11.8. The van der Waals surface area contributed by atoms with Crippen molar-refractivity contribution in [3.63, 3.8) is 0 Å². The van der Waals surface area contributed by atoms with Crippen LogP contribution in [0.15, 0.2) is 71.3 Å². The van der Waals surface area contributed by atoms with Crippen LogP contribution in [0.3, 0.4) is 0 Å². The number of hydrogen-bond acceptors (Lipinski definition) is 7. The Labute approximate surface area is 217 Å². The van der Waals surface area contributed by atoms with Gasteiger partial charge in [0.1, 0.15) is 31.0 Å². The van der Waals surface area contributed by atoms with Crippen LogP contribution in [-0.4, -0.2) is 57.3 Å². The number of imide groups is 1. The van der Waals surface area contributed by atoms with E-state index in [9.17, 15) is 9.59 Å². The molecule has 3 aliphatic rings. The van der Waals surface area contributed by atoms with Crippen molar-refractivity contribution in [2.75, 3.05) is 26.0 Å². The average Bonchev–Trinajstić information content (AvgIpc) is 3.51. The van der Waals surface area contributed by atoms with Crippen LogP contribution in [0.1, 0.15) is 12.1 Å². The van der Waals surface area contributed by atoms with E-state index in [2.05, 4.69) is 27.8 Å². The van der Waals surface area contributed by atoms with E-state index in [1.54, 1.807) is 10.9 Å².